The Morgan fingerprint density at radius 1 is 1.00 bits per heavy atom. The predicted molar refractivity (Wildman–Crippen MR) is 87.4 cm³/mol. The van der Waals surface area contributed by atoms with Crippen LogP contribution in [0.25, 0.3) is 6.08 Å². The lowest BCUT2D eigenvalue weighted by Gasteiger charge is -2.07. The average Bonchev–Trinajstić information content (AvgIpc) is 2.48. The Kier molecular flexibility index (Phi) is 7.48. The van der Waals surface area contributed by atoms with Gasteiger partial charge in [-0.2, -0.15) is 0 Å². The third-order valence-corrected chi connectivity index (χ3v) is 2.88. The summed E-state index contributed by atoms with van der Waals surface area (Å²) < 4.78 is 5.31. The van der Waals surface area contributed by atoms with E-state index in [4.69, 9.17) is 4.74 Å². The van der Waals surface area contributed by atoms with Crippen LogP contribution in [0.4, 0.5) is 0 Å². The Morgan fingerprint density at radius 3 is 2.45 bits per heavy atom. The molecule has 2 aromatic rings. The average molecular weight is 290 g/mol. The first kappa shape index (κ1) is 16.3. The normalized spacial score (nSPS) is 10.2. The van der Waals surface area contributed by atoms with Crippen molar-refractivity contribution < 1.29 is 4.74 Å². The molecule has 0 radical (unpaired) electrons. The molecule has 2 rings (SSSR count). The highest BCUT2D eigenvalue weighted by atomic mass is 35.5. The maximum Gasteiger partial charge on any atom is 0.123 e. The molecule has 0 atom stereocenters. The van der Waals surface area contributed by atoms with E-state index in [0.29, 0.717) is 0 Å². The van der Waals surface area contributed by atoms with Crippen molar-refractivity contribution in [2.75, 3.05) is 13.7 Å². The van der Waals surface area contributed by atoms with Crippen LogP contribution in [0.5, 0.6) is 5.75 Å². The van der Waals surface area contributed by atoms with Gasteiger partial charge in [0.25, 0.3) is 0 Å². The van der Waals surface area contributed by atoms with E-state index in [2.05, 4.69) is 35.7 Å². The quantitative estimate of drug-likeness (QED) is 0.814. The molecule has 2 aromatic carbocycles. The Hall–Kier alpha value is -1.77. The summed E-state index contributed by atoms with van der Waals surface area (Å²) in [7, 11) is 1.70. The SMILES string of the molecule is COc1ccccc1CNC/C=C/c1ccccc1.Cl. The molecular weight excluding hydrogens is 270 g/mol. The van der Waals surface area contributed by atoms with Gasteiger partial charge >= 0.3 is 0 Å². The smallest absolute Gasteiger partial charge is 0.123 e. The first-order valence-corrected chi connectivity index (χ1v) is 6.44. The number of hydrogen-bond acceptors (Lipinski definition) is 2. The second-order valence-electron chi connectivity index (χ2n) is 4.26. The number of hydrogen-bond donors (Lipinski definition) is 1. The fourth-order valence-corrected chi connectivity index (χ4v) is 1.90. The van der Waals surface area contributed by atoms with Gasteiger partial charge in [-0.15, -0.1) is 12.4 Å². The lowest BCUT2D eigenvalue weighted by Crippen LogP contribution is -2.13. The van der Waals surface area contributed by atoms with E-state index in [1.807, 2.05) is 36.4 Å². The Bertz CT molecular complexity index is 526. The van der Waals surface area contributed by atoms with Gasteiger partial charge in [-0.05, 0) is 11.6 Å². The van der Waals surface area contributed by atoms with Crippen molar-refractivity contribution in [1.29, 1.82) is 0 Å². The van der Waals surface area contributed by atoms with Gasteiger partial charge in [-0.1, -0.05) is 60.7 Å². The molecule has 3 heteroatoms. The summed E-state index contributed by atoms with van der Waals surface area (Å²) in [5.74, 6) is 0.932. The second-order valence-corrected chi connectivity index (χ2v) is 4.26. The Labute approximate surface area is 126 Å². The molecule has 106 valence electrons. The van der Waals surface area contributed by atoms with E-state index in [-0.39, 0.29) is 12.4 Å². The summed E-state index contributed by atoms with van der Waals surface area (Å²) in [5.41, 5.74) is 2.40. The molecule has 0 aliphatic heterocycles. The van der Waals surface area contributed by atoms with Gasteiger partial charge in [0.2, 0.25) is 0 Å². The van der Waals surface area contributed by atoms with E-state index < -0.39 is 0 Å². The highest BCUT2D eigenvalue weighted by molar-refractivity contribution is 5.85. The minimum absolute atomic E-state index is 0. The molecule has 1 N–H and O–H groups in total. The maximum absolute atomic E-state index is 5.31. The van der Waals surface area contributed by atoms with Crippen LogP contribution in [0.3, 0.4) is 0 Å². The standard InChI is InChI=1S/C17H19NO.ClH/c1-19-17-12-6-5-11-16(17)14-18-13-7-10-15-8-3-2-4-9-15;/h2-12,18H,13-14H2,1H3;1H/b10-7+;. The number of para-hydroxylation sites is 1. The zero-order chi connectivity index (χ0) is 13.3. The number of halogens is 1. The first-order chi connectivity index (χ1) is 9.40. The first-order valence-electron chi connectivity index (χ1n) is 6.44. The predicted octanol–water partition coefficient (Wildman–Crippen LogP) is 3.92. The van der Waals surface area contributed by atoms with E-state index in [0.717, 1.165) is 18.8 Å². The molecule has 0 bridgehead atoms. The molecule has 0 aliphatic rings. The number of nitrogens with one attached hydrogen (secondary N) is 1. The molecule has 0 heterocycles. The second kappa shape index (κ2) is 9.18. The Balaban J connectivity index is 0.00000200. The van der Waals surface area contributed by atoms with Crippen molar-refractivity contribution in [2.45, 2.75) is 6.54 Å². The molecule has 0 aliphatic carbocycles. The van der Waals surface area contributed by atoms with Gasteiger partial charge in [0.1, 0.15) is 5.75 Å². The van der Waals surface area contributed by atoms with Gasteiger partial charge in [-0.3, -0.25) is 0 Å². The molecule has 0 saturated heterocycles. The maximum atomic E-state index is 5.31. The number of benzene rings is 2. The zero-order valence-corrected chi connectivity index (χ0v) is 12.4. The van der Waals surface area contributed by atoms with Crippen LogP contribution in [0.15, 0.2) is 60.7 Å². The molecule has 0 aromatic heterocycles. The van der Waals surface area contributed by atoms with Crippen LogP contribution < -0.4 is 10.1 Å². The molecule has 20 heavy (non-hydrogen) atoms. The van der Waals surface area contributed by atoms with Gasteiger partial charge in [0.05, 0.1) is 7.11 Å². The lowest BCUT2D eigenvalue weighted by atomic mass is 10.2. The van der Waals surface area contributed by atoms with E-state index in [9.17, 15) is 0 Å². The van der Waals surface area contributed by atoms with Crippen molar-refractivity contribution in [1.82, 2.24) is 5.32 Å². The highest BCUT2D eigenvalue weighted by Gasteiger charge is 1.99. The largest absolute Gasteiger partial charge is 0.496 e. The molecule has 2 nitrogen and oxygen atoms in total. The molecular formula is C17H20ClNO. The monoisotopic (exact) mass is 289 g/mol. The minimum atomic E-state index is 0. The van der Waals surface area contributed by atoms with Gasteiger partial charge in [0, 0.05) is 18.7 Å². The number of methoxy groups -OCH3 is 1. The lowest BCUT2D eigenvalue weighted by molar-refractivity contribution is 0.408. The Morgan fingerprint density at radius 2 is 1.70 bits per heavy atom. The van der Waals surface area contributed by atoms with Gasteiger partial charge in [-0.25, -0.2) is 0 Å². The summed E-state index contributed by atoms with van der Waals surface area (Å²) in [6, 6.07) is 18.4. The summed E-state index contributed by atoms with van der Waals surface area (Å²) >= 11 is 0. The molecule has 0 spiro atoms. The van der Waals surface area contributed by atoms with Crippen LogP contribution in [0.1, 0.15) is 11.1 Å². The topological polar surface area (TPSA) is 21.3 Å². The van der Waals surface area contributed by atoms with Gasteiger partial charge < -0.3 is 10.1 Å². The number of rotatable bonds is 6. The molecule has 0 unspecified atom stereocenters. The van der Waals surface area contributed by atoms with Crippen molar-refractivity contribution in [3.63, 3.8) is 0 Å². The van der Waals surface area contributed by atoms with E-state index >= 15 is 0 Å². The number of ether oxygens (including phenoxy) is 1. The van der Waals surface area contributed by atoms with Crippen LogP contribution >= 0.6 is 12.4 Å². The minimum Gasteiger partial charge on any atom is -0.496 e. The third-order valence-electron chi connectivity index (χ3n) is 2.88. The molecule has 0 amide bonds. The summed E-state index contributed by atoms with van der Waals surface area (Å²) in [4.78, 5) is 0. The van der Waals surface area contributed by atoms with Crippen LogP contribution in [-0.4, -0.2) is 13.7 Å². The molecule has 0 fully saturated rings. The molecule has 0 saturated carbocycles. The van der Waals surface area contributed by atoms with Crippen molar-refractivity contribution in [2.24, 2.45) is 0 Å². The van der Waals surface area contributed by atoms with Gasteiger partial charge in [0.15, 0.2) is 0 Å². The van der Waals surface area contributed by atoms with Crippen LogP contribution in [0.2, 0.25) is 0 Å². The third kappa shape index (κ3) is 5.08. The van der Waals surface area contributed by atoms with Crippen molar-refractivity contribution in [3.05, 3.63) is 71.8 Å². The summed E-state index contributed by atoms with van der Waals surface area (Å²) in [5, 5.41) is 3.38. The van der Waals surface area contributed by atoms with E-state index in [1.165, 1.54) is 11.1 Å². The summed E-state index contributed by atoms with van der Waals surface area (Å²) in [6.07, 6.45) is 4.25. The van der Waals surface area contributed by atoms with E-state index in [1.54, 1.807) is 7.11 Å². The fourth-order valence-electron chi connectivity index (χ4n) is 1.90. The zero-order valence-electron chi connectivity index (χ0n) is 11.6. The van der Waals surface area contributed by atoms with Crippen molar-refractivity contribution in [3.8, 4) is 5.75 Å². The van der Waals surface area contributed by atoms with Crippen LogP contribution in [0, 0.1) is 0 Å². The summed E-state index contributed by atoms with van der Waals surface area (Å²) in [6.45, 7) is 1.65. The highest BCUT2D eigenvalue weighted by Crippen LogP contribution is 2.16. The van der Waals surface area contributed by atoms with Crippen molar-refractivity contribution >= 4 is 18.5 Å². The van der Waals surface area contributed by atoms with Crippen LogP contribution in [-0.2, 0) is 6.54 Å². The fraction of sp³-hybridized carbons (Fsp3) is 0.176.